The van der Waals surface area contributed by atoms with E-state index in [1.165, 1.54) is 6.08 Å². The number of amides is 2. The summed E-state index contributed by atoms with van der Waals surface area (Å²) in [5.41, 5.74) is 1.06. The average molecular weight is 335 g/mol. The van der Waals surface area contributed by atoms with Gasteiger partial charge in [0.25, 0.3) is 0 Å². The number of carbonyl (C=O) groups is 1. The third-order valence-corrected chi connectivity index (χ3v) is 3.71. The molecule has 0 aliphatic heterocycles. The second kappa shape index (κ2) is 8.84. The van der Waals surface area contributed by atoms with Gasteiger partial charge < -0.3 is 15.4 Å². The number of hydrogen-bond acceptors (Lipinski definition) is 3. The number of urea groups is 1. The lowest BCUT2D eigenvalue weighted by Crippen LogP contribution is -2.51. The zero-order valence-corrected chi connectivity index (χ0v) is 14.3. The molecule has 5 nitrogen and oxygen atoms in total. The first-order valence-corrected chi connectivity index (χ1v) is 7.98. The second-order valence-corrected chi connectivity index (χ2v) is 6.44. The molecule has 1 aliphatic carbocycles. The van der Waals surface area contributed by atoms with Crippen LogP contribution in [0, 0.1) is 5.41 Å². The van der Waals surface area contributed by atoms with Gasteiger partial charge in [-0.05, 0) is 37.2 Å². The van der Waals surface area contributed by atoms with E-state index in [1.807, 2.05) is 6.92 Å². The molecule has 0 spiro atoms. The van der Waals surface area contributed by atoms with Crippen LogP contribution in [-0.4, -0.2) is 37.7 Å². The van der Waals surface area contributed by atoms with Crippen molar-refractivity contribution >= 4 is 11.9 Å². The number of nitrogens with zero attached hydrogens (tertiary/aromatic N) is 1. The summed E-state index contributed by atoms with van der Waals surface area (Å²) in [5.74, 6) is -0.109. The van der Waals surface area contributed by atoms with Crippen LogP contribution >= 0.6 is 0 Å². The van der Waals surface area contributed by atoms with Crippen molar-refractivity contribution in [2.75, 3.05) is 13.1 Å². The van der Waals surface area contributed by atoms with Crippen molar-refractivity contribution in [2.45, 2.75) is 59.6 Å². The monoisotopic (exact) mass is 335 g/mol. The molecule has 1 aliphatic rings. The van der Waals surface area contributed by atoms with Gasteiger partial charge in [0, 0.05) is 28.1 Å². The van der Waals surface area contributed by atoms with Crippen molar-refractivity contribution in [3.8, 4) is 0 Å². The molecule has 0 aromatic rings. The van der Waals surface area contributed by atoms with Crippen LogP contribution in [0.1, 0.15) is 49.8 Å². The summed E-state index contributed by atoms with van der Waals surface area (Å²) in [5, 5.41) is 5.65. The van der Waals surface area contributed by atoms with E-state index < -0.39 is 6.61 Å². The standard InChI is InChI=1S/C16H27F2N3O2.2H2/c1-5-11(7-13(19-6-2)23-14(17)18)10-20-15(22)21-12-8-16(3,4)9-12;;/h7,12,14H,5-6,8-10H2,1-4H3,(H2,20,21,22);2*1H/b11-7+,19-13?;;. The summed E-state index contributed by atoms with van der Waals surface area (Å²) >= 11 is 0. The first-order valence-electron chi connectivity index (χ1n) is 7.98. The van der Waals surface area contributed by atoms with E-state index in [0.717, 1.165) is 18.4 Å². The molecule has 0 radical (unpaired) electrons. The van der Waals surface area contributed by atoms with Gasteiger partial charge in [0.2, 0.25) is 5.90 Å². The van der Waals surface area contributed by atoms with Crippen molar-refractivity contribution in [1.82, 2.24) is 10.6 Å². The van der Waals surface area contributed by atoms with Crippen LogP contribution in [0.3, 0.4) is 0 Å². The third-order valence-electron chi connectivity index (χ3n) is 3.71. The van der Waals surface area contributed by atoms with Gasteiger partial charge in [0.05, 0.1) is 0 Å². The highest BCUT2D eigenvalue weighted by Crippen LogP contribution is 2.39. The van der Waals surface area contributed by atoms with Crippen LogP contribution in [0.5, 0.6) is 0 Å². The summed E-state index contributed by atoms with van der Waals surface area (Å²) in [6, 6.07) is -0.0351. The van der Waals surface area contributed by atoms with Crippen LogP contribution in [0.25, 0.3) is 0 Å². The minimum atomic E-state index is -2.91. The predicted octanol–water partition coefficient (Wildman–Crippen LogP) is 3.96. The maximum atomic E-state index is 12.3. The first kappa shape index (κ1) is 19.4. The molecule has 2 amide bonds. The Labute approximate surface area is 139 Å². The first-order chi connectivity index (χ1) is 10.8. The SMILES string of the molecule is CCN=C(/C=C(\CC)CNC(=O)NC1CC(C)(C)C1)OC(F)F.[HH].[HH]. The zero-order valence-electron chi connectivity index (χ0n) is 14.3. The van der Waals surface area contributed by atoms with E-state index in [0.29, 0.717) is 18.4 Å². The van der Waals surface area contributed by atoms with E-state index in [1.54, 1.807) is 6.92 Å². The summed E-state index contributed by atoms with van der Waals surface area (Å²) in [6.07, 6.45) is 3.99. The highest BCUT2D eigenvalue weighted by Gasteiger charge is 2.36. The maximum absolute atomic E-state index is 12.3. The largest absolute Gasteiger partial charge is 0.417 e. The molecule has 0 heterocycles. The third kappa shape index (κ3) is 7.43. The fourth-order valence-corrected chi connectivity index (χ4v) is 2.62. The molecule has 7 heteroatoms. The van der Waals surface area contributed by atoms with Gasteiger partial charge in [-0.1, -0.05) is 20.8 Å². The van der Waals surface area contributed by atoms with Gasteiger partial charge >= 0.3 is 12.6 Å². The van der Waals surface area contributed by atoms with Crippen LogP contribution in [0.4, 0.5) is 13.6 Å². The van der Waals surface area contributed by atoms with Gasteiger partial charge in [-0.25, -0.2) is 4.79 Å². The highest BCUT2D eigenvalue weighted by molar-refractivity contribution is 5.88. The molecule has 23 heavy (non-hydrogen) atoms. The average Bonchev–Trinajstić information content (AvgIpc) is 2.40. The fraction of sp³-hybridized carbons (Fsp3) is 0.750. The fourth-order valence-electron chi connectivity index (χ4n) is 2.62. The van der Waals surface area contributed by atoms with Gasteiger partial charge in [-0.2, -0.15) is 8.78 Å². The van der Waals surface area contributed by atoms with Gasteiger partial charge in [-0.3, -0.25) is 4.99 Å². The van der Waals surface area contributed by atoms with E-state index in [4.69, 9.17) is 0 Å². The molecule has 0 aromatic heterocycles. The normalized spacial score (nSPS) is 18.6. The van der Waals surface area contributed by atoms with Crippen LogP contribution in [0.2, 0.25) is 0 Å². The smallest absolute Gasteiger partial charge is 0.388 e. The van der Waals surface area contributed by atoms with Crippen molar-refractivity contribution < 1.29 is 21.2 Å². The number of alkyl halides is 2. The molecule has 1 rings (SSSR count). The molecule has 0 bridgehead atoms. The molecule has 2 N–H and O–H groups in total. The molecule has 0 saturated heterocycles. The van der Waals surface area contributed by atoms with E-state index in [-0.39, 0.29) is 27.4 Å². The quantitative estimate of drug-likeness (QED) is 0.546. The lowest BCUT2D eigenvalue weighted by Gasteiger charge is -2.42. The number of ether oxygens (including phenoxy) is 1. The molecule has 1 saturated carbocycles. The Hall–Kier alpha value is -1.66. The van der Waals surface area contributed by atoms with Crippen molar-refractivity contribution in [3.63, 3.8) is 0 Å². The van der Waals surface area contributed by atoms with Gasteiger partial charge in [-0.15, -0.1) is 0 Å². The Bertz CT molecular complexity index is 464. The Morgan fingerprint density at radius 2 is 2.09 bits per heavy atom. The van der Waals surface area contributed by atoms with Crippen LogP contribution in [-0.2, 0) is 4.74 Å². The number of rotatable bonds is 7. The summed E-state index contributed by atoms with van der Waals surface area (Å²) in [6.45, 7) is 5.66. The Balaban J connectivity index is 0. The Morgan fingerprint density at radius 3 is 2.57 bits per heavy atom. The molecule has 0 unspecified atom stereocenters. The lowest BCUT2D eigenvalue weighted by molar-refractivity contribution is -0.0595. The molecular formula is C16H31F2N3O2. The summed E-state index contributed by atoms with van der Waals surface area (Å²) in [7, 11) is 0. The van der Waals surface area contributed by atoms with E-state index in [2.05, 4.69) is 34.2 Å². The second-order valence-electron chi connectivity index (χ2n) is 6.44. The summed E-state index contributed by atoms with van der Waals surface area (Å²) in [4.78, 5) is 15.7. The molecule has 0 aromatic carbocycles. The van der Waals surface area contributed by atoms with Gasteiger partial charge in [0.15, 0.2) is 0 Å². The number of nitrogens with one attached hydrogen (secondary N) is 2. The lowest BCUT2D eigenvalue weighted by atomic mass is 9.68. The minimum absolute atomic E-state index is 0. The number of aliphatic imine (C=N–C) groups is 1. The maximum Gasteiger partial charge on any atom is 0.388 e. The molecular weight excluding hydrogens is 304 g/mol. The minimum Gasteiger partial charge on any atom is -0.417 e. The van der Waals surface area contributed by atoms with Crippen LogP contribution < -0.4 is 10.6 Å². The number of halogens is 2. The van der Waals surface area contributed by atoms with E-state index in [9.17, 15) is 13.6 Å². The number of carbonyl (C=O) groups excluding carboxylic acids is 1. The predicted molar refractivity (Wildman–Crippen MR) is 91.0 cm³/mol. The topological polar surface area (TPSA) is 62.7 Å². The van der Waals surface area contributed by atoms with Crippen molar-refractivity contribution in [1.29, 1.82) is 0 Å². The van der Waals surface area contributed by atoms with Crippen molar-refractivity contribution in [2.24, 2.45) is 10.4 Å². The summed E-state index contributed by atoms with van der Waals surface area (Å²) < 4.78 is 29.0. The molecule has 1 fully saturated rings. The Kier molecular flexibility index (Phi) is 7.45. The number of hydrogen-bond donors (Lipinski definition) is 2. The Morgan fingerprint density at radius 1 is 1.43 bits per heavy atom. The van der Waals surface area contributed by atoms with Crippen LogP contribution in [0.15, 0.2) is 16.6 Å². The van der Waals surface area contributed by atoms with E-state index >= 15 is 0 Å². The van der Waals surface area contributed by atoms with Crippen molar-refractivity contribution in [3.05, 3.63) is 11.6 Å². The molecule has 136 valence electrons. The highest BCUT2D eigenvalue weighted by atomic mass is 19.3. The van der Waals surface area contributed by atoms with Gasteiger partial charge in [0.1, 0.15) is 0 Å². The molecule has 0 atom stereocenters. The zero-order chi connectivity index (χ0) is 17.5.